The maximum atomic E-state index is 12.9. The predicted molar refractivity (Wildman–Crippen MR) is 46.9 cm³/mol. The molecular weight excluding hydrogens is 233 g/mol. The summed E-state index contributed by atoms with van der Waals surface area (Å²) in [5.41, 5.74) is -0.689. The standard InChI is InChI=1S/C9H8F5NO/c10-5-2-1-3-6(11)8(5)15-4-7(16)9(12,13)14/h1-3,7,15-16H,4H2. The molecule has 0 bridgehead atoms. The van der Waals surface area contributed by atoms with E-state index in [-0.39, 0.29) is 0 Å². The largest absolute Gasteiger partial charge is 0.416 e. The summed E-state index contributed by atoms with van der Waals surface area (Å²) >= 11 is 0. The van der Waals surface area contributed by atoms with Crippen LogP contribution in [0.3, 0.4) is 0 Å². The first-order valence-corrected chi connectivity index (χ1v) is 4.25. The van der Waals surface area contributed by atoms with Crippen molar-refractivity contribution in [1.29, 1.82) is 0 Å². The highest BCUT2D eigenvalue weighted by Crippen LogP contribution is 2.22. The van der Waals surface area contributed by atoms with Crippen molar-refractivity contribution in [2.45, 2.75) is 12.3 Å². The number of hydrogen-bond acceptors (Lipinski definition) is 2. The first kappa shape index (κ1) is 12.7. The van der Waals surface area contributed by atoms with Crippen LogP contribution >= 0.6 is 0 Å². The summed E-state index contributed by atoms with van der Waals surface area (Å²) in [4.78, 5) is 0. The van der Waals surface area contributed by atoms with E-state index in [9.17, 15) is 22.0 Å². The fraction of sp³-hybridized carbons (Fsp3) is 0.333. The number of benzene rings is 1. The van der Waals surface area contributed by atoms with Gasteiger partial charge in [-0.3, -0.25) is 0 Å². The van der Waals surface area contributed by atoms with Crippen LogP contribution in [0.4, 0.5) is 27.6 Å². The van der Waals surface area contributed by atoms with E-state index in [4.69, 9.17) is 5.11 Å². The molecule has 90 valence electrons. The minimum atomic E-state index is -4.82. The monoisotopic (exact) mass is 241 g/mol. The highest BCUT2D eigenvalue weighted by Gasteiger charge is 2.38. The third-order valence-electron chi connectivity index (χ3n) is 1.81. The second-order valence-corrected chi connectivity index (χ2v) is 3.03. The molecule has 0 radical (unpaired) electrons. The summed E-state index contributed by atoms with van der Waals surface area (Å²) < 4.78 is 61.5. The molecule has 0 aliphatic heterocycles. The van der Waals surface area contributed by atoms with E-state index in [1.54, 1.807) is 0 Å². The van der Waals surface area contributed by atoms with Crippen molar-refractivity contribution in [3.63, 3.8) is 0 Å². The van der Waals surface area contributed by atoms with Crippen LogP contribution in [0.2, 0.25) is 0 Å². The lowest BCUT2D eigenvalue weighted by Crippen LogP contribution is -2.35. The Labute approximate surface area is 87.7 Å². The van der Waals surface area contributed by atoms with Gasteiger partial charge < -0.3 is 10.4 Å². The molecule has 2 nitrogen and oxygen atoms in total. The zero-order valence-corrected chi connectivity index (χ0v) is 7.85. The van der Waals surface area contributed by atoms with E-state index in [0.29, 0.717) is 0 Å². The van der Waals surface area contributed by atoms with E-state index in [0.717, 1.165) is 18.2 Å². The quantitative estimate of drug-likeness (QED) is 0.796. The molecule has 1 aromatic rings. The Bertz CT molecular complexity index is 345. The van der Waals surface area contributed by atoms with Gasteiger partial charge in [-0.15, -0.1) is 0 Å². The first-order chi connectivity index (χ1) is 7.32. The van der Waals surface area contributed by atoms with E-state index in [1.165, 1.54) is 0 Å². The fourth-order valence-electron chi connectivity index (χ4n) is 0.981. The average Bonchev–Trinajstić information content (AvgIpc) is 2.15. The van der Waals surface area contributed by atoms with Crippen LogP contribution in [0.15, 0.2) is 18.2 Å². The van der Waals surface area contributed by atoms with Crippen LogP contribution in [0.5, 0.6) is 0 Å². The second-order valence-electron chi connectivity index (χ2n) is 3.03. The number of aliphatic hydroxyl groups excluding tert-OH is 1. The van der Waals surface area contributed by atoms with Crippen molar-refractivity contribution < 1.29 is 27.1 Å². The van der Waals surface area contributed by atoms with Gasteiger partial charge in [0.05, 0.1) is 0 Å². The lowest BCUT2D eigenvalue weighted by atomic mass is 10.2. The third kappa shape index (κ3) is 3.06. The summed E-state index contributed by atoms with van der Waals surface area (Å²) in [7, 11) is 0. The van der Waals surface area contributed by atoms with Gasteiger partial charge in [0, 0.05) is 6.54 Å². The van der Waals surface area contributed by atoms with Gasteiger partial charge in [-0.05, 0) is 12.1 Å². The van der Waals surface area contributed by atoms with Crippen LogP contribution < -0.4 is 5.32 Å². The zero-order chi connectivity index (χ0) is 12.3. The minimum absolute atomic E-state index is 0.689. The van der Waals surface area contributed by atoms with E-state index < -0.39 is 36.1 Å². The molecule has 0 amide bonds. The predicted octanol–water partition coefficient (Wildman–Crippen LogP) is 2.30. The topological polar surface area (TPSA) is 32.3 Å². The Hall–Kier alpha value is -1.37. The summed E-state index contributed by atoms with van der Waals surface area (Å²) in [5.74, 6) is -2.04. The zero-order valence-electron chi connectivity index (χ0n) is 7.85. The van der Waals surface area contributed by atoms with Gasteiger partial charge in [0.15, 0.2) is 6.10 Å². The van der Waals surface area contributed by atoms with Crippen LogP contribution in [-0.4, -0.2) is 23.9 Å². The molecule has 0 fully saturated rings. The number of hydrogen-bond donors (Lipinski definition) is 2. The van der Waals surface area contributed by atoms with Crippen LogP contribution in [0.1, 0.15) is 0 Å². The SMILES string of the molecule is OC(CNc1c(F)cccc1F)C(F)(F)F. The van der Waals surface area contributed by atoms with Crippen LogP contribution in [0.25, 0.3) is 0 Å². The molecule has 16 heavy (non-hydrogen) atoms. The number of alkyl halides is 3. The second kappa shape index (κ2) is 4.65. The molecule has 0 saturated carbocycles. The molecular formula is C9H8F5NO. The normalized spacial score (nSPS) is 13.6. The molecule has 1 unspecified atom stereocenters. The van der Waals surface area contributed by atoms with Gasteiger partial charge in [-0.25, -0.2) is 8.78 Å². The third-order valence-corrected chi connectivity index (χ3v) is 1.81. The Morgan fingerprint density at radius 3 is 2.12 bits per heavy atom. The Morgan fingerprint density at radius 2 is 1.69 bits per heavy atom. The Morgan fingerprint density at radius 1 is 1.19 bits per heavy atom. The van der Waals surface area contributed by atoms with Gasteiger partial charge in [-0.1, -0.05) is 6.07 Å². The number of para-hydroxylation sites is 1. The van der Waals surface area contributed by atoms with Crippen molar-refractivity contribution >= 4 is 5.69 Å². The van der Waals surface area contributed by atoms with Crippen molar-refractivity contribution in [3.8, 4) is 0 Å². The Kier molecular flexibility index (Phi) is 3.69. The van der Waals surface area contributed by atoms with Crippen molar-refractivity contribution in [2.75, 3.05) is 11.9 Å². The summed E-state index contributed by atoms with van der Waals surface area (Å²) in [6.07, 6.45) is -7.50. The maximum Gasteiger partial charge on any atom is 0.416 e. The number of anilines is 1. The highest BCUT2D eigenvalue weighted by molar-refractivity contribution is 5.46. The fourth-order valence-corrected chi connectivity index (χ4v) is 0.981. The highest BCUT2D eigenvalue weighted by atomic mass is 19.4. The molecule has 0 heterocycles. The number of aliphatic hydroxyl groups is 1. The molecule has 1 rings (SSSR count). The molecule has 1 atom stereocenters. The van der Waals surface area contributed by atoms with Gasteiger partial charge in [0.25, 0.3) is 0 Å². The van der Waals surface area contributed by atoms with Crippen LogP contribution in [0, 0.1) is 11.6 Å². The maximum absolute atomic E-state index is 12.9. The molecule has 7 heteroatoms. The number of halogens is 5. The van der Waals surface area contributed by atoms with Gasteiger partial charge in [0.1, 0.15) is 17.3 Å². The lowest BCUT2D eigenvalue weighted by molar-refractivity contribution is -0.198. The van der Waals surface area contributed by atoms with Crippen molar-refractivity contribution in [2.24, 2.45) is 0 Å². The molecule has 1 aromatic carbocycles. The minimum Gasteiger partial charge on any atom is -0.382 e. The molecule has 0 aromatic heterocycles. The molecule has 0 spiro atoms. The number of nitrogens with one attached hydrogen (secondary N) is 1. The first-order valence-electron chi connectivity index (χ1n) is 4.25. The molecule has 0 saturated heterocycles. The molecule has 2 N–H and O–H groups in total. The van der Waals surface area contributed by atoms with E-state index >= 15 is 0 Å². The Balaban J connectivity index is 2.69. The van der Waals surface area contributed by atoms with Gasteiger partial charge >= 0.3 is 6.18 Å². The van der Waals surface area contributed by atoms with Crippen molar-refractivity contribution in [3.05, 3.63) is 29.8 Å². The van der Waals surface area contributed by atoms with Crippen LogP contribution in [-0.2, 0) is 0 Å². The smallest absolute Gasteiger partial charge is 0.382 e. The number of rotatable bonds is 3. The summed E-state index contributed by atoms with van der Waals surface area (Å²) in [5, 5.41) is 10.5. The summed E-state index contributed by atoms with van der Waals surface area (Å²) in [6.45, 7) is -1.01. The molecule has 0 aliphatic carbocycles. The van der Waals surface area contributed by atoms with E-state index in [1.807, 2.05) is 5.32 Å². The van der Waals surface area contributed by atoms with Gasteiger partial charge in [0.2, 0.25) is 0 Å². The van der Waals surface area contributed by atoms with Gasteiger partial charge in [-0.2, -0.15) is 13.2 Å². The van der Waals surface area contributed by atoms with Crippen molar-refractivity contribution in [1.82, 2.24) is 0 Å². The average molecular weight is 241 g/mol. The van der Waals surface area contributed by atoms with E-state index in [2.05, 4.69) is 0 Å². The summed E-state index contributed by atoms with van der Waals surface area (Å²) in [6, 6.07) is 2.87. The lowest BCUT2D eigenvalue weighted by Gasteiger charge is -2.16. The molecule has 0 aliphatic rings.